The van der Waals surface area contributed by atoms with E-state index >= 15 is 0 Å². The van der Waals surface area contributed by atoms with Crippen LogP contribution >= 0.6 is 0 Å². The van der Waals surface area contributed by atoms with Crippen LogP contribution < -0.4 is 0 Å². The van der Waals surface area contributed by atoms with E-state index in [9.17, 15) is 4.21 Å². The zero-order chi connectivity index (χ0) is 11.9. The molecule has 1 unspecified atom stereocenters. The molecule has 17 heavy (non-hydrogen) atoms. The van der Waals surface area contributed by atoms with Gasteiger partial charge in [0, 0.05) is 5.56 Å². The summed E-state index contributed by atoms with van der Waals surface area (Å²) >= 11 is -1.53. The standard InChI is InChI=1S/C14H10O2S/c15-17(14-9-5-2-6-10-14)16-12-11-13-7-3-1-4-8-13/h1-10H. The monoisotopic (exact) mass is 242 g/mol. The van der Waals surface area contributed by atoms with Crippen LogP contribution in [0.25, 0.3) is 0 Å². The van der Waals surface area contributed by atoms with Crippen LogP contribution in [0.15, 0.2) is 65.6 Å². The maximum absolute atomic E-state index is 11.6. The maximum atomic E-state index is 11.6. The van der Waals surface area contributed by atoms with Gasteiger partial charge in [0.15, 0.2) is 0 Å². The van der Waals surface area contributed by atoms with E-state index in [1.165, 1.54) is 0 Å². The molecule has 84 valence electrons. The lowest BCUT2D eigenvalue weighted by Gasteiger charge is -1.95. The molecule has 0 aromatic heterocycles. The van der Waals surface area contributed by atoms with Gasteiger partial charge in [-0.3, -0.25) is 0 Å². The molecule has 0 N–H and O–H groups in total. The van der Waals surface area contributed by atoms with Crippen LogP contribution in [0.5, 0.6) is 0 Å². The molecule has 0 saturated carbocycles. The summed E-state index contributed by atoms with van der Waals surface area (Å²) in [6.07, 6.45) is 2.45. The predicted octanol–water partition coefficient (Wildman–Crippen LogP) is 2.74. The van der Waals surface area contributed by atoms with E-state index in [0.29, 0.717) is 4.90 Å². The van der Waals surface area contributed by atoms with Gasteiger partial charge in [-0.25, -0.2) is 4.21 Å². The van der Waals surface area contributed by atoms with Crippen LogP contribution in [0.2, 0.25) is 0 Å². The van der Waals surface area contributed by atoms with Gasteiger partial charge in [0.2, 0.25) is 11.1 Å². The normalized spacial score (nSPS) is 11.1. The van der Waals surface area contributed by atoms with Gasteiger partial charge in [0.25, 0.3) is 0 Å². The number of benzene rings is 2. The SMILES string of the molecule is O=S(OC#Cc1ccccc1)c1ccccc1. The second kappa shape index (κ2) is 5.88. The topological polar surface area (TPSA) is 26.3 Å². The van der Waals surface area contributed by atoms with Crippen molar-refractivity contribution in [3.8, 4) is 12.0 Å². The third kappa shape index (κ3) is 3.47. The Morgan fingerprint density at radius 1 is 0.882 bits per heavy atom. The van der Waals surface area contributed by atoms with Crippen molar-refractivity contribution >= 4 is 11.1 Å². The van der Waals surface area contributed by atoms with Crippen LogP contribution in [-0.4, -0.2) is 4.21 Å². The molecule has 0 saturated heterocycles. The molecule has 0 aliphatic rings. The van der Waals surface area contributed by atoms with E-state index in [-0.39, 0.29) is 0 Å². The minimum absolute atomic E-state index is 0.606. The van der Waals surface area contributed by atoms with Crippen molar-refractivity contribution in [3.63, 3.8) is 0 Å². The summed E-state index contributed by atoms with van der Waals surface area (Å²) in [5, 5.41) is 0. The van der Waals surface area contributed by atoms with Crippen LogP contribution in [-0.2, 0) is 15.3 Å². The quantitative estimate of drug-likeness (QED) is 0.757. The lowest BCUT2D eigenvalue weighted by molar-refractivity contribution is 0.536. The van der Waals surface area contributed by atoms with E-state index in [1.54, 1.807) is 24.3 Å². The molecule has 0 radical (unpaired) electrons. The molecule has 0 aliphatic carbocycles. The van der Waals surface area contributed by atoms with Gasteiger partial charge in [-0.15, -0.1) is 0 Å². The first-order valence-corrected chi connectivity index (χ1v) is 6.14. The van der Waals surface area contributed by atoms with Crippen molar-refractivity contribution in [1.29, 1.82) is 0 Å². The van der Waals surface area contributed by atoms with E-state index < -0.39 is 11.1 Å². The van der Waals surface area contributed by atoms with Gasteiger partial charge in [0.05, 0.1) is 4.90 Å². The fourth-order valence-corrected chi connectivity index (χ4v) is 1.81. The molecular weight excluding hydrogens is 232 g/mol. The first kappa shape index (κ1) is 11.4. The first-order valence-electron chi connectivity index (χ1n) is 5.06. The molecule has 0 fully saturated rings. The van der Waals surface area contributed by atoms with Crippen molar-refractivity contribution < 1.29 is 8.39 Å². The van der Waals surface area contributed by atoms with E-state index in [2.05, 4.69) is 12.0 Å². The Hall–Kier alpha value is -2.05. The molecule has 1 atom stereocenters. The molecule has 0 amide bonds. The zero-order valence-electron chi connectivity index (χ0n) is 9.00. The highest BCUT2D eigenvalue weighted by atomic mass is 32.2. The fraction of sp³-hybridized carbons (Fsp3) is 0. The number of hydrogen-bond donors (Lipinski definition) is 0. The fourth-order valence-electron chi connectivity index (χ4n) is 1.22. The van der Waals surface area contributed by atoms with Crippen LogP contribution in [0.4, 0.5) is 0 Å². The first-order chi connectivity index (χ1) is 8.36. The summed E-state index contributed by atoms with van der Waals surface area (Å²) < 4.78 is 16.6. The molecular formula is C14H10O2S. The molecule has 2 aromatic rings. The summed E-state index contributed by atoms with van der Waals surface area (Å²) in [5.41, 5.74) is 0.831. The lowest BCUT2D eigenvalue weighted by Crippen LogP contribution is -1.91. The molecule has 2 rings (SSSR count). The average molecular weight is 242 g/mol. The Labute approximate surface area is 103 Å². The highest BCUT2D eigenvalue weighted by molar-refractivity contribution is 7.80. The Balaban J connectivity index is 2.00. The second-order valence-electron chi connectivity index (χ2n) is 3.22. The zero-order valence-corrected chi connectivity index (χ0v) is 9.81. The summed E-state index contributed by atoms with van der Waals surface area (Å²) in [4.78, 5) is 0.606. The molecule has 0 bridgehead atoms. The van der Waals surface area contributed by atoms with Gasteiger partial charge in [-0.2, -0.15) is 0 Å². The third-order valence-electron chi connectivity index (χ3n) is 2.02. The predicted molar refractivity (Wildman–Crippen MR) is 67.3 cm³/mol. The smallest absolute Gasteiger partial charge is 0.249 e. The summed E-state index contributed by atoms with van der Waals surface area (Å²) in [5.74, 6) is 2.78. The van der Waals surface area contributed by atoms with Gasteiger partial charge in [-0.1, -0.05) is 36.4 Å². The minimum atomic E-state index is -1.53. The van der Waals surface area contributed by atoms with E-state index in [1.807, 2.05) is 36.4 Å². The molecule has 0 aliphatic heterocycles. The summed E-state index contributed by atoms with van der Waals surface area (Å²) in [6.45, 7) is 0. The molecule has 2 nitrogen and oxygen atoms in total. The van der Waals surface area contributed by atoms with Gasteiger partial charge in [-0.05, 0) is 30.2 Å². The Morgan fingerprint density at radius 3 is 2.12 bits per heavy atom. The molecule has 2 aromatic carbocycles. The average Bonchev–Trinajstić information content (AvgIpc) is 2.41. The Bertz CT molecular complexity index is 553. The van der Waals surface area contributed by atoms with E-state index in [0.717, 1.165) is 5.56 Å². The van der Waals surface area contributed by atoms with Gasteiger partial charge < -0.3 is 4.18 Å². The Morgan fingerprint density at radius 2 is 1.47 bits per heavy atom. The lowest BCUT2D eigenvalue weighted by atomic mass is 10.2. The van der Waals surface area contributed by atoms with Gasteiger partial charge >= 0.3 is 0 Å². The van der Waals surface area contributed by atoms with Crippen molar-refractivity contribution in [1.82, 2.24) is 0 Å². The van der Waals surface area contributed by atoms with Crippen molar-refractivity contribution in [2.45, 2.75) is 4.90 Å². The Kier molecular flexibility index (Phi) is 3.95. The van der Waals surface area contributed by atoms with E-state index in [4.69, 9.17) is 4.18 Å². The maximum Gasteiger partial charge on any atom is 0.249 e. The number of rotatable bonds is 2. The summed E-state index contributed by atoms with van der Waals surface area (Å²) in [7, 11) is 0. The number of hydrogen-bond acceptors (Lipinski definition) is 2. The molecule has 0 heterocycles. The van der Waals surface area contributed by atoms with Crippen LogP contribution in [0.3, 0.4) is 0 Å². The van der Waals surface area contributed by atoms with Crippen molar-refractivity contribution in [2.24, 2.45) is 0 Å². The summed E-state index contributed by atoms with van der Waals surface area (Å²) in [6, 6.07) is 18.4. The van der Waals surface area contributed by atoms with Crippen LogP contribution in [0, 0.1) is 12.0 Å². The third-order valence-corrected chi connectivity index (χ3v) is 2.91. The molecule has 0 spiro atoms. The minimum Gasteiger partial charge on any atom is -0.342 e. The van der Waals surface area contributed by atoms with Crippen molar-refractivity contribution in [3.05, 3.63) is 66.2 Å². The van der Waals surface area contributed by atoms with Crippen molar-refractivity contribution in [2.75, 3.05) is 0 Å². The highest BCUT2D eigenvalue weighted by Gasteiger charge is 2.01. The second-order valence-corrected chi connectivity index (χ2v) is 4.33. The van der Waals surface area contributed by atoms with Gasteiger partial charge in [0.1, 0.15) is 6.11 Å². The van der Waals surface area contributed by atoms with Crippen LogP contribution in [0.1, 0.15) is 5.56 Å². The molecule has 3 heteroatoms. The highest BCUT2D eigenvalue weighted by Crippen LogP contribution is 2.05. The largest absolute Gasteiger partial charge is 0.342 e.